The Labute approximate surface area is 99.8 Å². The summed E-state index contributed by atoms with van der Waals surface area (Å²) in [6.07, 6.45) is 0.720. The van der Waals surface area contributed by atoms with Crippen molar-refractivity contribution in [3.63, 3.8) is 0 Å². The van der Waals surface area contributed by atoms with Gasteiger partial charge < -0.3 is 15.7 Å². The largest absolute Gasteiger partial charge is 0.396 e. The number of amides is 2. The van der Waals surface area contributed by atoms with E-state index in [1.165, 1.54) is 6.92 Å². The van der Waals surface area contributed by atoms with Gasteiger partial charge in [0.05, 0.1) is 0 Å². The summed E-state index contributed by atoms with van der Waals surface area (Å²) in [5.41, 5.74) is 1.26. The fourth-order valence-electron chi connectivity index (χ4n) is 1.34. The smallest absolute Gasteiger partial charge is 0.224 e. The summed E-state index contributed by atoms with van der Waals surface area (Å²) in [6, 6.07) is 6.90. The summed E-state index contributed by atoms with van der Waals surface area (Å²) in [7, 11) is 0. The molecule has 0 aliphatic rings. The molecule has 0 aliphatic heterocycles. The Morgan fingerprint density at radius 3 is 2.47 bits per heavy atom. The molecule has 0 bridgehead atoms. The summed E-state index contributed by atoms with van der Waals surface area (Å²) in [5, 5.41) is 13.9. The van der Waals surface area contributed by atoms with Crippen LogP contribution in [0.3, 0.4) is 0 Å². The van der Waals surface area contributed by atoms with E-state index in [1.54, 1.807) is 24.3 Å². The summed E-state index contributed by atoms with van der Waals surface area (Å²) >= 11 is 0. The van der Waals surface area contributed by atoms with Crippen LogP contribution >= 0.6 is 0 Å². The van der Waals surface area contributed by atoms with E-state index in [-0.39, 0.29) is 24.8 Å². The van der Waals surface area contributed by atoms with Crippen LogP contribution in [0.4, 0.5) is 11.4 Å². The standard InChI is InChI=1S/C12H16N2O3/c1-9(16)13-10-4-2-5-11(8-10)14-12(17)6-3-7-15/h2,4-5,8,15H,3,6-7H2,1H3,(H,13,16)(H,14,17). The Bertz CT molecular complexity index is 404. The van der Waals surface area contributed by atoms with Crippen molar-refractivity contribution in [2.24, 2.45) is 0 Å². The third kappa shape index (κ3) is 5.12. The molecule has 0 heterocycles. The first kappa shape index (κ1) is 13.2. The number of benzene rings is 1. The lowest BCUT2D eigenvalue weighted by Crippen LogP contribution is -2.12. The number of aliphatic hydroxyl groups excluding tert-OH is 1. The van der Waals surface area contributed by atoms with Gasteiger partial charge in [0.15, 0.2) is 0 Å². The molecule has 0 atom stereocenters. The average molecular weight is 236 g/mol. The van der Waals surface area contributed by atoms with Crippen LogP contribution in [0.15, 0.2) is 24.3 Å². The molecule has 0 fully saturated rings. The Morgan fingerprint density at radius 2 is 1.88 bits per heavy atom. The van der Waals surface area contributed by atoms with Crippen molar-refractivity contribution in [2.75, 3.05) is 17.2 Å². The third-order valence-electron chi connectivity index (χ3n) is 2.03. The fraction of sp³-hybridized carbons (Fsp3) is 0.333. The SMILES string of the molecule is CC(=O)Nc1cccc(NC(=O)CCCO)c1. The van der Waals surface area contributed by atoms with Gasteiger partial charge in [-0.05, 0) is 24.6 Å². The number of rotatable bonds is 5. The predicted octanol–water partition coefficient (Wildman–Crippen LogP) is 1.36. The average Bonchev–Trinajstić information content (AvgIpc) is 2.26. The van der Waals surface area contributed by atoms with Gasteiger partial charge in [0, 0.05) is 31.3 Å². The van der Waals surface area contributed by atoms with Crippen LogP contribution in [0.1, 0.15) is 19.8 Å². The van der Waals surface area contributed by atoms with Crippen molar-refractivity contribution in [1.82, 2.24) is 0 Å². The minimum Gasteiger partial charge on any atom is -0.396 e. The van der Waals surface area contributed by atoms with Crippen molar-refractivity contribution in [1.29, 1.82) is 0 Å². The van der Waals surface area contributed by atoms with E-state index in [0.717, 1.165) is 0 Å². The molecular weight excluding hydrogens is 220 g/mol. The Balaban J connectivity index is 2.59. The molecule has 0 aromatic heterocycles. The summed E-state index contributed by atoms with van der Waals surface area (Å²) in [5.74, 6) is -0.312. The topological polar surface area (TPSA) is 78.4 Å². The highest BCUT2D eigenvalue weighted by Crippen LogP contribution is 2.15. The zero-order chi connectivity index (χ0) is 12.7. The molecule has 17 heavy (non-hydrogen) atoms. The molecule has 5 heteroatoms. The lowest BCUT2D eigenvalue weighted by Gasteiger charge is -2.07. The second-order valence-corrected chi connectivity index (χ2v) is 3.64. The van der Waals surface area contributed by atoms with E-state index in [9.17, 15) is 9.59 Å². The third-order valence-corrected chi connectivity index (χ3v) is 2.03. The number of hydrogen-bond donors (Lipinski definition) is 3. The van der Waals surface area contributed by atoms with E-state index >= 15 is 0 Å². The lowest BCUT2D eigenvalue weighted by atomic mass is 10.2. The van der Waals surface area contributed by atoms with Crippen molar-refractivity contribution in [2.45, 2.75) is 19.8 Å². The van der Waals surface area contributed by atoms with Crippen LogP contribution in [0.25, 0.3) is 0 Å². The van der Waals surface area contributed by atoms with E-state index in [2.05, 4.69) is 10.6 Å². The highest BCUT2D eigenvalue weighted by atomic mass is 16.3. The zero-order valence-corrected chi connectivity index (χ0v) is 9.69. The van der Waals surface area contributed by atoms with Crippen molar-refractivity contribution >= 4 is 23.2 Å². The molecular formula is C12H16N2O3. The maximum atomic E-state index is 11.4. The molecule has 0 unspecified atom stereocenters. The van der Waals surface area contributed by atoms with Gasteiger partial charge in [0.25, 0.3) is 0 Å². The zero-order valence-electron chi connectivity index (χ0n) is 9.69. The minimum atomic E-state index is -0.159. The first-order chi connectivity index (χ1) is 8.11. The minimum absolute atomic E-state index is 0.000643. The Hall–Kier alpha value is -1.88. The number of hydrogen-bond acceptors (Lipinski definition) is 3. The molecule has 0 aliphatic carbocycles. The summed E-state index contributed by atoms with van der Waals surface area (Å²) in [4.78, 5) is 22.3. The molecule has 1 rings (SSSR count). The van der Waals surface area contributed by atoms with Crippen molar-refractivity contribution < 1.29 is 14.7 Å². The number of aliphatic hydroxyl groups is 1. The number of carbonyl (C=O) groups is 2. The van der Waals surface area contributed by atoms with Crippen LogP contribution in [-0.2, 0) is 9.59 Å². The van der Waals surface area contributed by atoms with Gasteiger partial charge in [-0.1, -0.05) is 6.07 Å². The van der Waals surface area contributed by atoms with E-state index in [4.69, 9.17) is 5.11 Å². The Morgan fingerprint density at radius 1 is 1.24 bits per heavy atom. The molecule has 1 aromatic rings. The van der Waals surface area contributed by atoms with Gasteiger partial charge in [-0.2, -0.15) is 0 Å². The number of nitrogens with one attached hydrogen (secondary N) is 2. The molecule has 5 nitrogen and oxygen atoms in total. The first-order valence-electron chi connectivity index (χ1n) is 5.40. The second-order valence-electron chi connectivity index (χ2n) is 3.64. The van der Waals surface area contributed by atoms with Gasteiger partial charge in [0.1, 0.15) is 0 Å². The lowest BCUT2D eigenvalue weighted by molar-refractivity contribution is -0.116. The van der Waals surface area contributed by atoms with Crippen LogP contribution in [0.5, 0.6) is 0 Å². The van der Waals surface area contributed by atoms with Gasteiger partial charge >= 0.3 is 0 Å². The highest BCUT2D eigenvalue weighted by Gasteiger charge is 2.02. The van der Waals surface area contributed by atoms with Crippen LogP contribution in [0, 0.1) is 0 Å². The van der Waals surface area contributed by atoms with E-state index in [0.29, 0.717) is 17.8 Å². The normalized spacial score (nSPS) is 9.76. The van der Waals surface area contributed by atoms with Gasteiger partial charge in [-0.25, -0.2) is 0 Å². The fourth-order valence-corrected chi connectivity index (χ4v) is 1.34. The molecule has 1 aromatic carbocycles. The highest BCUT2D eigenvalue weighted by molar-refractivity contribution is 5.93. The molecule has 0 radical (unpaired) electrons. The number of carbonyl (C=O) groups excluding carboxylic acids is 2. The molecule has 0 saturated heterocycles. The van der Waals surface area contributed by atoms with Gasteiger partial charge in [0.2, 0.25) is 11.8 Å². The molecule has 2 amide bonds. The van der Waals surface area contributed by atoms with Gasteiger partial charge in [-0.15, -0.1) is 0 Å². The van der Waals surface area contributed by atoms with Crippen LogP contribution in [0.2, 0.25) is 0 Å². The number of anilines is 2. The monoisotopic (exact) mass is 236 g/mol. The molecule has 0 spiro atoms. The molecule has 0 saturated carbocycles. The van der Waals surface area contributed by atoms with Crippen molar-refractivity contribution in [3.8, 4) is 0 Å². The Kier molecular flexibility index (Phi) is 5.16. The first-order valence-corrected chi connectivity index (χ1v) is 5.40. The summed E-state index contributed by atoms with van der Waals surface area (Å²) in [6.45, 7) is 1.42. The van der Waals surface area contributed by atoms with Crippen LogP contribution in [-0.4, -0.2) is 23.5 Å². The van der Waals surface area contributed by atoms with Gasteiger partial charge in [-0.3, -0.25) is 9.59 Å². The molecule has 3 N–H and O–H groups in total. The quantitative estimate of drug-likeness (QED) is 0.722. The predicted molar refractivity (Wildman–Crippen MR) is 65.7 cm³/mol. The van der Waals surface area contributed by atoms with E-state index < -0.39 is 0 Å². The van der Waals surface area contributed by atoms with Crippen LogP contribution < -0.4 is 10.6 Å². The summed E-state index contributed by atoms with van der Waals surface area (Å²) < 4.78 is 0. The maximum Gasteiger partial charge on any atom is 0.224 e. The maximum absolute atomic E-state index is 11.4. The molecule has 92 valence electrons. The second kappa shape index (κ2) is 6.65. The van der Waals surface area contributed by atoms with E-state index in [1.807, 2.05) is 0 Å². The van der Waals surface area contributed by atoms with Crippen molar-refractivity contribution in [3.05, 3.63) is 24.3 Å².